The van der Waals surface area contributed by atoms with E-state index in [1.165, 1.54) is 6.07 Å². The molecule has 0 saturated heterocycles. The van der Waals surface area contributed by atoms with Crippen molar-refractivity contribution in [3.05, 3.63) is 59.6 Å². The van der Waals surface area contributed by atoms with Crippen molar-refractivity contribution in [1.82, 2.24) is 0 Å². The van der Waals surface area contributed by atoms with Crippen molar-refractivity contribution >= 4 is 55.6 Å². The van der Waals surface area contributed by atoms with Gasteiger partial charge in [-0.2, -0.15) is 0 Å². The fourth-order valence-electron chi connectivity index (χ4n) is 1.98. The number of aryl methyl sites for hydroxylation is 2. The Morgan fingerprint density at radius 1 is 1.20 bits per heavy atom. The van der Waals surface area contributed by atoms with Crippen molar-refractivity contribution < 1.29 is 4.92 Å². The second-order valence-electron chi connectivity index (χ2n) is 4.46. The molecule has 6 heteroatoms. The molecule has 0 aliphatic carbocycles. The third-order valence-corrected chi connectivity index (χ3v) is 4.23. The van der Waals surface area contributed by atoms with E-state index in [1.54, 1.807) is 12.1 Å². The first-order valence-corrected chi connectivity index (χ1v) is 7.73. The van der Waals surface area contributed by atoms with Gasteiger partial charge in [-0.3, -0.25) is 10.1 Å². The number of anilines is 2. The van der Waals surface area contributed by atoms with E-state index >= 15 is 0 Å². The van der Waals surface area contributed by atoms with Gasteiger partial charge < -0.3 is 5.32 Å². The van der Waals surface area contributed by atoms with Crippen LogP contribution in [0.3, 0.4) is 0 Å². The number of hydrogen-bond acceptors (Lipinski definition) is 3. The lowest BCUT2D eigenvalue weighted by atomic mass is 10.1. The first-order chi connectivity index (χ1) is 9.38. The van der Waals surface area contributed by atoms with Gasteiger partial charge in [-0.1, -0.05) is 15.9 Å². The van der Waals surface area contributed by atoms with E-state index in [1.807, 2.05) is 48.6 Å². The fourth-order valence-corrected chi connectivity index (χ4v) is 3.38. The van der Waals surface area contributed by atoms with Gasteiger partial charge in [-0.25, -0.2) is 0 Å². The summed E-state index contributed by atoms with van der Waals surface area (Å²) in [6, 6.07) is 9.09. The maximum absolute atomic E-state index is 10.8. The molecule has 0 aromatic heterocycles. The van der Waals surface area contributed by atoms with E-state index in [0.29, 0.717) is 3.57 Å². The minimum atomic E-state index is -0.373. The van der Waals surface area contributed by atoms with Crippen LogP contribution < -0.4 is 5.32 Å². The van der Waals surface area contributed by atoms with Gasteiger partial charge in [0, 0.05) is 21.9 Å². The van der Waals surface area contributed by atoms with Crippen LogP contribution in [0.4, 0.5) is 17.1 Å². The summed E-state index contributed by atoms with van der Waals surface area (Å²) >= 11 is 5.44. The van der Waals surface area contributed by atoms with Crippen molar-refractivity contribution in [2.45, 2.75) is 13.8 Å². The number of nitro benzene ring substituents is 1. The minimum absolute atomic E-state index is 0.125. The molecule has 0 atom stereocenters. The Balaban J connectivity index is 2.36. The normalized spacial score (nSPS) is 10.4. The van der Waals surface area contributed by atoms with Crippen LogP contribution in [0.1, 0.15) is 11.1 Å². The molecule has 104 valence electrons. The maximum Gasteiger partial charge on any atom is 0.282 e. The average Bonchev–Trinajstić information content (AvgIpc) is 2.33. The second kappa shape index (κ2) is 6.09. The fraction of sp³-hybridized carbons (Fsp3) is 0.143. The Hall–Kier alpha value is -1.15. The smallest absolute Gasteiger partial charge is 0.282 e. The predicted octanol–water partition coefficient (Wildman–Crippen LogP) is 5.32. The Bertz CT molecular complexity index is 666. The summed E-state index contributed by atoms with van der Waals surface area (Å²) < 4.78 is 1.65. The summed E-state index contributed by atoms with van der Waals surface area (Å²) in [5, 5.41) is 14.1. The number of halogens is 2. The van der Waals surface area contributed by atoms with Crippen LogP contribution in [-0.2, 0) is 0 Å². The van der Waals surface area contributed by atoms with Gasteiger partial charge in [-0.15, -0.1) is 0 Å². The van der Waals surface area contributed by atoms with E-state index in [2.05, 4.69) is 21.2 Å². The lowest BCUT2D eigenvalue weighted by Gasteiger charge is -2.13. The molecule has 1 N–H and O–H groups in total. The highest BCUT2D eigenvalue weighted by Gasteiger charge is 2.12. The molecule has 2 rings (SSSR count). The van der Waals surface area contributed by atoms with Crippen molar-refractivity contribution in [3.63, 3.8) is 0 Å². The minimum Gasteiger partial charge on any atom is -0.355 e. The van der Waals surface area contributed by atoms with Crippen molar-refractivity contribution in [1.29, 1.82) is 0 Å². The number of nitrogens with one attached hydrogen (secondary N) is 1. The van der Waals surface area contributed by atoms with Gasteiger partial charge in [-0.05, 0) is 71.8 Å². The first kappa shape index (κ1) is 15.2. The van der Waals surface area contributed by atoms with Crippen LogP contribution in [-0.4, -0.2) is 4.92 Å². The zero-order valence-electron chi connectivity index (χ0n) is 10.9. The monoisotopic (exact) mass is 446 g/mol. The molecule has 0 saturated carbocycles. The van der Waals surface area contributed by atoms with Gasteiger partial charge in [0.05, 0.1) is 8.49 Å². The lowest BCUT2D eigenvalue weighted by Crippen LogP contribution is -1.98. The molecule has 0 fully saturated rings. The molecule has 0 aliphatic rings. The molecule has 2 aromatic rings. The zero-order chi connectivity index (χ0) is 14.9. The van der Waals surface area contributed by atoms with Crippen molar-refractivity contribution in [2.75, 3.05) is 5.32 Å². The summed E-state index contributed by atoms with van der Waals surface area (Å²) in [4.78, 5) is 10.4. The molecule has 0 aliphatic heterocycles. The summed E-state index contributed by atoms with van der Waals surface area (Å²) in [6.45, 7) is 4.05. The molecule has 2 aromatic carbocycles. The molecule has 0 heterocycles. The topological polar surface area (TPSA) is 55.2 Å². The van der Waals surface area contributed by atoms with Crippen LogP contribution in [0.15, 0.2) is 34.8 Å². The highest BCUT2D eigenvalue weighted by Crippen LogP contribution is 2.30. The number of benzene rings is 2. The van der Waals surface area contributed by atoms with Gasteiger partial charge in [0.2, 0.25) is 0 Å². The average molecular weight is 447 g/mol. The molecular formula is C14H12BrIN2O2. The Morgan fingerprint density at radius 3 is 2.30 bits per heavy atom. The molecule has 0 amide bonds. The molecule has 20 heavy (non-hydrogen) atoms. The molecule has 0 unspecified atom stereocenters. The van der Waals surface area contributed by atoms with Crippen LogP contribution >= 0.6 is 38.5 Å². The van der Waals surface area contributed by atoms with Gasteiger partial charge in [0.15, 0.2) is 0 Å². The molecule has 4 nitrogen and oxygen atoms in total. The highest BCUT2D eigenvalue weighted by atomic mass is 127. The van der Waals surface area contributed by atoms with Crippen molar-refractivity contribution in [3.8, 4) is 0 Å². The molecule has 0 bridgehead atoms. The zero-order valence-corrected chi connectivity index (χ0v) is 14.6. The SMILES string of the molecule is Cc1cc(Br)cc(C)c1Nc1ccc([N+](=O)[O-])c(I)c1. The summed E-state index contributed by atoms with van der Waals surface area (Å²) in [5.41, 5.74) is 4.22. The Labute approximate surface area is 139 Å². The first-order valence-electron chi connectivity index (χ1n) is 5.86. The van der Waals surface area contributed by atoms with Crippen molar-refractivity contribution in [2.24, 2.45) is 0 Å². The largest absolute Gasteiger partial charge is 0.355 e. The standard InChI is InChI=1S/C14H12BrIN2O2/c1-8-5-10(15)6-9(2)14(8)17-11-3-4-13(18(19)20)12(16)7-11/h3-7,17H,1-2H3. The summed E-state index contributed by atoms with van der Waals surface area (Å²) in [6.07, 6.45) is 0. The van der Waals surface area contributed by atoms with Gasteiger partial charge in [0.1, 0.15) is 0 Å². The third kappa shape index (κ3) is 3.29. The van der Waals surface area contributed by atoms with E-state index < -0.39 is 0 Å². The summed E-state index contributed by atoms with van der Waals surface area (Å²) in [5.74, 6) is 0. The lowest BCUT2D eigenvalue weighted by molar-refractivity contribution is -0.385. The number of hydrogen-bond donors (Lipinski definition) is 1. The van der Waals surface area contributed by atoms with Gasteiger partial charge in [0.25, 0.3) is 5.69 Å². The maximum atomic E-state index is 10.8. The highest BCUT2D eigenvalue weighted by molar-refractivity contribution is 14.1. The van der Waals surface area contributed by atoms with E-state index in [9.17, 15) is 10.1 Å². The number of nitro groups is 1. The molecular weight excluding hydrogens is 435 g/mol. The molecule has 0 spiro atoms. The number of rotatable bonds is 3. The predicted molar refractivity (Wildman–Crippen MR) is 92.7 cm³/mol. The quantitative estimate of drug-likeness (QED) is 0.394. The van der Waals surface area contributed by atoms with E-state index in [0.717, 1.165) is 27.0 Å². The van der Waals surface area contributed by atoms with Crippen LogP contribution in [0.2, 0.25) is 0 Å². The van der Waals surface area contributed by atoms with Crippen LogP contribution in [0, 0.1) is 27.5 Å². The molecule has 0 radical (unpaired) electrons. The third-order valence-electron chi connectivity index (χ3n) is 2.91. The van der Waals surface area contributed by atoms with Crippen LogP contribution in [0.5, 0.6) is 0 Å². The Kier molecular flexibility index (Phi) is 4.64. The van der Waals surface area contributed by atoms with Crippen LogP contribution in [0.25, 0.3) is 0 Å². The van der Waals surface area contributed by atoms with Gasteiger partial charge >= 0.3 is 0 Å². The summed E-state index contributed by atoms with van der Waals surface area (Å²) in [7, 11) is 0. The second-order valence-corrected chi connectivity index (χ2v) is 6.54. The Morgan fingerprint density at radius 2 is 1.80 bits per heavy atom. The van der Waals surface area contributed by atoms with E-state index in [-0.39, 0.29) is 10.6 Å². The number of nitrogens with zero attached hydrogens (tertiary/aromatic N) is 1. The van der Waals surface area contributed by atoms with E-state index in [4.69, 9.17) is 0 Å².